The summed E-state index contributed by atoms with van der Waals surface area (Å²) in [6, 6.07) is 20.6. The van der Waals surface area contributed by atoms with Crippen molar-refractivity contribution < 1.29 is 13.9 Å². The minimum Gasteiger partial charge on any atom is -0.618 e. The van der Waals surface area contributed by atoms with Crippen LogP contribution in [0.25, 0.3) is 11.1 Å². The molecule has 0 saturated carbocycles. The molecule has 0 radical (unpaired) electrons. The molecule has 0 aliphatic carbocycles. The SMILES string of the molecule is O=C1C(c2ccc(-c3ccccc3)cc2)=[N+]([O-])c2ccc(F)cc21. The van der Waals surface area contributed by atoms with Gasteiger partial charge in [0.2, 0.25) is 5.69 Å². The van der Waals surface area contributed by atoms with E-state index in [1.54, 1.807) is 12.1 Å². The number of hydrogen-bond donors (Lipinski definition) is 0. The number of hydrogen-bond acceptors (Lipinski definition) is 2. The summed E-state index contributed by atoms with van der Waals surface area (Å²) in [6.07, 6.45) is 0. The summed E-state index contributed by atoms with van der Waals surface area (Å²) in [5, 5.41) is 12.4. The van der Waals surface area contributed by atoms with Crippen LogP contribution < -0.4 is 0 Å². The van der Waals surface area contributed by atoms with E-state index in [0.29, 0.717) is 10.3 Å². The van der Waals surface area contributed by atoms with Gasteiger partial charge in [0.25, 0.3) is 11.5 Å². The second-order valence-electron chi connectivity index (χ2n) is 5.58. The van der Waals surface area contributed by atoms with Crippen LogP contribution in [0.2, 0.25) is 0 Å². The lowest BCUT2D eigenvalue weighted by atomic mass is 9.99. The Balaban J connectivity index is 1.75. The third-order valence-electron chi connectivity index (χ3n) is 4.11. The van der Waals surface area contributed by atoms with Gasteiger partial charge >= 0.3 is 0 Å². The number of carbonyl (C=O) groups excluding carboxylic acids is 1. The van der Waals surface area contributed by atoms with Crippen molar-refractivity contribution in [3.05, 3.63) is 94.9 Å². The summed E-state index contributed by atoms with van der Waals surface area (Å²) in [6.45, 7) is 0. The molecule has 1 heterocycles. The Bertz CT molecular complexity index is 976. The predicted molar refractivity (Wildman–Crippen MR) is 90.0 cm³/mol. The van der Waals surface area contributed by atoms with Gasteiger partial charge in [-0.3, -0.25) is 4.79 Å². The highest BCUT2D eigenvalue weighted by Gasteiger charge is 2.36. The standard InChI is InChI=1S/C20H12FNO2/c21-16-10-11-18-17(12-16)20(23)19(22(18)24)15-8-6-14(7-9-15)13-4-2-1-3-5-13/h1-12H. The summed E-state index contributed by atoms with van der Waals surface area (Å²) in [5.74, 6) is -0.983. The maximum Gasteiger partial charge on any atom is 0.272 e. The second-order valence-corrected chi connectivity index (χ2v) is 5.58. The molecule has 3 nitrogen and oxygen atoms in total. The number of fused-ring (bicyclic) bond motifs is 1. The van der Waals surface area contributed by atoms with Crippen LogP contribution in [-0.2, 0) is 0 Å². The Morgan fingerprint density at radius 3 is 2.12 bits per heavy atom. The number of nitrogens with zero attached hydrogens (tertiary/aromatic N) is 1. The van der Waals surface area contributed by atoms with Gasteiger partial charge in [-0.1, -0.05) is 42.5 Å². The normalized spacial score (nSPS) is 13.3. The van der Waals surface area contributed by atoms with E-state index in [0.717, 1.165) is 17.2 Å². The summed E-state index contributed by atoms with van der Waals surface area (Å²) in [5.41, 5.74) is 2.87. The molecule has 0 aromatic heterocycles. The molecule has 0 fully saturated rings. The van der Waals surface area contributed by atoms with Crippen LogP contribution in [0.5, 0.6) is 0 Å². The van der Waals surface area contributed by atoms with Crippen LogP contribution in [0, 0.1) is 11.0 Å². The molecule has 4 rings (SSSR count). The topological polar surface area (TPSA) is 43.1 Å². The highest BCUT2D eigenvalue weighted by atomic mass is 19.1. The zero-order valence-corrected chi connectivity index (χ0v) is 12.6. The Morgan fingerprint density at radius 2 is 1.42 bits per heavy atom. The zero-order valence-electron chi connectivity index (χ0n) is 12.6. The van der Waals surface area contributed by atoms with Crippen molar-refractivity contribution in [2.24, 2.45) is 0 Å². The molecule has 116 valence electrons. The predicted octanol–water partition coefficient (Wildman–Crippen LogP) is 4.32. The Kier molecular flexibility index (Phi) is 3.24. The number of benzene rings is 3. The Hall–Kier alpha value is -3.27. The molecule has 0 N–H and O–H groups in total. The molecular weight excluding hydrogens is 305 g/mol. The fraction of sp³-hybridized carbons (Fsp3) is 0. The third kappa shape index (κ3) is 2.20. The van der Waals surface area contributed by atoms with Crippen molar-refractivity contribution in [2.45, 2.75) is 0 Å². The monoisotopic (exact) mass is 317 g/mol. The van der Waals surface area contributed by atoms with Crippen molar-refractivity contribution in [1.82, 2.24) is 0 Å². The Morgan fingerprint density at radius 1 is 0.792 bits per heavy atom. The lowest BCUT2D eigenvalue weighted by Crippen LogP contribution is -2.16. The summed E-state index contributed by atoms with van der Waals surface area (Å²) in [7, 11) is 0. The van der Waals surface area contributed by atoms with Crippen molar-refractivity contribution in [1.29, 1.82) is 0 Å². The molecule has 0 amide bonds. The van der Waals surface area contributed by atoms with E-state index in [1.165, 1.54) is 12.1 Å². The number of ketones is 1. The van der Waals surface area contributed by atoms with E-state index >= 15 is 0 Å². The fourth-order valence-electron chi connectivity index (χ4n) is 2.91. The van der Waals surface area contributed by atoms with E-state index in [1.807, 2.05) is 42.5 Å². The highest BCUT2D eigenvalue weighted by molar-refractivity contribution is 6.52. The van der Waals surface area contributed by atoms with Crippen molar-refractivity contribution in [2.75, 3.05) is 0 Å². The minimum absolute atomic E-state index is 0.0233. The van der Waals surface area contributed by atoms with Crippen molar-refractivity contribution in [3.63, 3.8) is 0 Å². The molecule has 0 atom stereocenters. The minimum atomic E-state index is -0.531. The fourth-order valence-corrected chi connectivity index (χ4v) is 2.91. The Labute approximate surface area is 137 Å². The van der Waals surface area contributed by atoms with Crippen LogP contribution in [-0.4, -0.2) is 16.2 Å². The van der Waals surface area contributed by atoms with Gasteiger partial charge in [-0.15, -0.1) is 0 Å². The second kappa shape index (κ2) is 5.42. The van der Waals surface area contributed by atoms with Crippen LogP contribution in [0.1, 0.15) is 15.9 Å². The molecule has 3 aromatic carbocycles. The first-order valence-corrected chi connectivity index (χ1v) is 7.49. The van der Waals surface area contributed by atoms with E-state index in [2.05, 4.69) is 0 Å². The quantitative estimate of drug-likeness (QED) is 0.522. The maximum atomic E-state index is 13.4. The first-order chi connectivity index (χ1) is 11.6. The molecule has 0 spiro atoms. The van der Waals surface area contributed by atoms with Crippen molar-refractivity contribution >= 4 is 17.2 Å². The molecule has 24 heavy (non-hydrogen) atoms. The lowest BCUT2D eigenvalue weighted by molar-refractivity contribution is -0.355. The molecule has 3 aromatic rings. The number of halogens is 1. The van der Waals surface area contributed by atoms with Gasteiger partial charge < -0.3 is 5.21 Å². The summed E-state index contributed by atoms with van der Waals surface area (Å²) in [4.78, 5) is 12.5. The van der Waals surface area contributed by atoms with Gasteiger partial charge in [-0.25, -0.2) is 4.39 Å². The van der Waals surface area contributed by atoms with E-state index < -0.39 is 11.6 Å². The van der Waals surface area contributed by atoms with Gasteiger partial charge in [0, 0.05) is 6.07 Å². The average molecular weight is 317 g/mol. The molecule has 4 heteroatoms. The van der Waals surface area contributed by atoms with Gasteiger partial charge in [0.15, 0.2) is 0 Å². The first kappa shape index (κ1) is 14.3. The molecule has 0 unspecified atom stereocenters. The smallest absolute Gasteiger partial charge is 0.272 e. The molecule has 1 aliphatic rings. The van der Waals surface area contributed by atoms with Crippen molar-refractivity contribution in [3.8, 4) is 11.1 Å². The largest absolute Gasteiger partial charge is 0.618 e. The average Bonchev–Trinajstić information content (AvgIpc) is 2.86. The number of carbonyl (C=O) groups is 1. The molecule has 0 bridgehead atoms. The molecule has 0 saturated heterocycles. The number of rotatable bonds is 2. The number of Topliss-reactive ketones (excluding diaryl/α,β-unsaturated/α-hetero) is 1. The zero-order chi connectivity index (χ0) is 16.7. The first-order valence-electron chi connectivity index (χ1n) is 7.49. The van der Waals surface area contributed by atoms with Gasteiger partial charge in [-0.05, 0) is 35.4 Å². The van der Waals surface area contributed by atoms with Gasteiger partial charge in [0.05, 0.1) is 5.56 Å². The van der Waals surface area contributed by atoms with Gasteiger partial charge in [0.1, 0.15) is 11.4 Å². The highest BCUT2D eigenvalue weighted by Crippen LogP contribution is 2.29. The third-order valence-corrected chi connectivity index (χ3v) is 4.11. The maximum absolute atomic E-state index is 13.4. The molecule has 1 aliphatic heterocycles. The van der Waals surface area contributed by atoms with Crippen LogP contribution in [0.4, 0.5) is 10.1 Å². The summed E-state index contributed by atoms with van der Waals surface area (Å²) >= 11 is 0. The lowest BCUT2D eigenvalue weighted by Gasteiger charge is -2.04. The summed E-state index contributed by atoms with van der Waals surface area (Å²) < 4.78 is 13.9. The van der Waals surface area contributed by atoms with Gasteiger partial charge in [-0.2, -0.15) is 4.74 Å². The van der Waals surface area contributed by atoms with E-state index in [4.69, 9.17) is 0 Å². The van der Waals surface area contributed by atoms with E-state index in [9.17, 15) is 14.4 Å². The van der Waals surface area contributed by atoms with Crippen LogP contribution in [0.3, 0.4) is 0 Å². The van der Waals surface area contributed by atoms with Crippen LogP contribution >= 0.6 is 0 Å². The van der Waals surface area contributed by atoms with Crippen LogP contribution in [0.15, 0.2) is 72.8 Å². The molecular formula is C20H12FNO2. The van der Waals surface area contributed by atoms with E-state index in [-0.39, 0.29) is 17.0 Å².